The largest absolute Gasteiger partial charge is 0.495 e. The highest BCUT2D eigenvalue weighted by atomic mass is 16.5. The molecule has 0 unspecified atom stereocenters. The van der Waals surface area contributed by atoms with Crippen molar-refractivity contribution in [3.8, 4) is 5.75 Å². The molecule has 6 heteroatoms. The fraction of sp³-hybridized carbons (Fsp3) is 0.600. The summed E-state index contributed by atoms with van der Waals surface area (Å²) in [5.74, 6) is 1.13. The van der Waals surface area contributed by atoms with Gasteiger partial charge in [0, 0.05) is 32.7 Å². The van der Waals surface area contributed by atoms with Crippen LogP contribution in [0.5, 0.6) is 5.75 Å². The Labute approximate surface area is 155 Å². The Kier molecular flexibility index (Phi) is 5.39. The number of methoxy groups -OCH3 is 1. The highest BCUT2D eigenvalue weighted by molar-refractivity contribution is 6.07. The Morgan fingerprint density at radius 2 is 1.81 bits per heavy atom. The van der Waals surface area contributed by atoms with Crippen molar-refractivity contribution in [3.05, 3.63) is 24.3 Å². The molecule has 1 aliphatic heterocycles. The van der Waals surface area contributed by atoms with Crippen LogP contribution in [-0.2, 0) is 9.59 Å². The van der Waals surface area contributed by atoms with E-state index in [0.29, 0.717) is 38.4 Å². The molecule has 1 aromatic rings. The average molecular weight is 359 g/mol. The first-order valence-electron chi connectivity index (χ1n) is 9.43. The summed E-state index contributed by atoms with van der Waals surface area (Å²) >= 11 is 0. The van der Waals surface area contributed by atoms with Gasteiger partial charge in [0.05, 0.1) is 12.8 Å². The van der Waals surface area contributed by atoms with Crippen LogP contribution in [0.3, 0.4) is 0 Å². The topological polar surface area (TPSA) is 61.9 Å². The highest BCUT2D eigenvalue weighted by Crippen LogP contribution is 2.47. The summed E-state index contributed by atoms with van der Waals surface area (Å²) in [7, 11) is 1.67. The van der Waals surface area contributed by atoms with Gasteiger partial charge in [-0.3, -0.25) is 9.59 Å². The normalized spacial score (nSPS) is 18.6. The number of nitrogens with zero attached hydrogens (tertiary/aromatic N) is 2. The first-order valence-corrected chi connectivity index (χ1v) is 9.43. The molecule has 2 amide bonds. The predicted octanol–water partition coefficient (Wildman–Crippen LogP) is 1.90. The smallest absolute Gasteiger partial charge is 0.238 e. The number of hydrogen-bond donors (Lipinski definition) is 1. The van der Waals surface area contributed by atoms with E-state index in [-0.39, 0.29) is 11.8 Å². The number of piperazine rings is 1. The van der Waals surface area contributed by atoms with Gasteiger partial charge in [-0.2, -0.15) is 0 Å². The lowest BCUT2D eigenvalue weighted by atomic mass is 10.0. The molecule has 1 saturated carbocycles. The van der Waals surface area contributed by atoms with Crippen LogP contribution in [-0.4, -0.2) is 56.5 Å². The minimum absolute atomic E-state index is 0.00145. The molecule has 0 atom stereocenters. The van der Waals surface area contributed by atoms with E-state index in [1.165, 1.54) is 0 Å². The summed E-state index contributed by atoms with van der Waals surface area (Å²) in [4.78, 5) is 29.5. The van der Waals surface area contributed by atoms with Gasteiger partial charge >= 0.3 is 0 Å². The first-order chi connectivity index (χ1) is 12.5. The second-order valence-corrected chi connectivity index (χ2v) is 7.64. The van der Waals surface area contributed by atoms with Crippen LogP contribution in [0.15, 0.2) is 24.3 Å². The number of carbonyl (C=O) groups is 2. The van der Waals surface area contributed by atoms with E-state index in [2.05, 4.69) is 24.1 Å². The number of ether oxygens (including phenoxy) is 1. The molecule has 26 heavy (non-hydrogen) atoms. The van der Waals surface area contributed by atoms with Gasteiger partial charge in [-0.25, -0.2) is 0 Å². The number of amides is 2. The molecular formula is C20H29N3O3. The van der Waals surface area contributed by atoms with Gasteiger partial charge in [0.15, 0.2) is 0 Å². The molecule has 0 aromatic heterocycles. The van der Waals surface area contributed by atoms with Crippen LogP contribution >= 0.6 is 0 Å². The number of hydrogen-bond acceptors (Lipinski definition) is 4. The Balaban J connectivity index is 1.59. The van der Waals surface area contributed by atoms with Gasteiger partial charge in [-0.15, -0.1) is 0 Å². The molecule has 2 aliphatic rings. The number of rotatable bonds is 6. The third kappa shape index (κ3) is 3.64. The molecule has 1 N–H and O–H groups in total. The average Bonchev–Trinajstić information content (AvgIpc) is 3.47. The SMILES string of the molecule is COc1ccccc1N1CCN(C(=O)C2(C(=O)NCC(C)C)CC2)CC1. The second kappa shape index (κ2) is 7.56. The zero-order valence-electron chi connectivity index (χ0n) is 16.0. The summed E-state index contributed by atoms with van der Waals surface area (Å²) in [6, 6.07) is 7.94. The molecule has 1 aromatic carbocycles. The number of carbonyl (C=O) groups excluding carboxylic acids is 2. The number of benzene rings is 1. The Morgan fingerprint density at radius 3 is 2.38 bits per heavy atom. The third-order valence-electron chi connectivity index (χ3n) is 5.26. The van der Waals surface area contributed by atoms with Crippen LogP contribution in [0.25, 0.3) is 0 Å². The van der Waals surface area contributed by atoms with Gasteiger partial charge in [-0.05, 0) is 30.9 Å². The maximum absolute atomic E-state index is 13.0. The van der Waals surface area contributed by atoms with E-state index < -0.39 is 5.41 Å². The van der Waals surface area contributed by atoms with E-state index in [1.54, 1.807) is 7.11 Å². The Morgan fingerprint density at radius 1 is 1.15 bits per heavy atom. The number of nitrogens with one attached hydrogen (secondary N) is 1. The molecule has 0 spiro atoms. The van der Waals surface area contributed by atoms with E-state index in [1.807, 2.05) is 29.2 Å². The van der Waals surface area contributed by atoms with Crippen LogP contribution in [0.4, 0.5) is 5.69 Å². The minimum Gasteiger partial charge on any atom is -0.495 e. The zero-order valence-corrected chi connectivity index (χ0v) is 16.0. The van der Waals surface area contributed by atoms with Crippen molar-refractivity contribution in [2.24, 2.45) is 11.3 Å². The molecule has 1 saturated heterocycles. The maximum atomic E-state index is 13.0. The predicted molar refractivity (Wildman–Crippen MR) is 101 cm³/mol. The van der Waals surface area contributed by atoms with Crippen molar-refractivity contribution in [3.63, 3.8) is 0 Å². The molecular weight excluding hydrogens is 330 g/mol. The van der Waals surface area contributed by atoms with Gasteiger partial charge < -0.3 is 19.9 Å². The van der Waals surface area contributed by atoms with E-state index in [9.17, 15) is 9.59 Å². The van der Waals surface area contributed by atoms with Crippen LogP contribution in [0.1, 0.15) is 26.7 Å². The molecule has 0 bridgehead atoms. The lowest BCUT2D eigenvalue weighted by Gasteiger charge is -2.38. The fourth-order valence-corrected chi connectivity index (χ4v) is 3.47. The molecule has 1 aliphatic carbocycles. The number of anilines is 1. The van der Waals surface area contributed by atoms with Crippen molar-refractivity contribution in [1.29, 1.82) is 0 Å². The summed E-state index contributed by atoms with van der Waals surface area (Å²) in [5, 5.41) is 2.94. The standard InChI is InChI=1S/C20H29N3O3/c1-15(2)14-21-18(24)20(8-9-20)19(25)23-12-10-22(11-13-23)16-6-4-5-7-17(16)26-3/h4-7,15H,8-14H2,1-3H3,(H,21,24). The Bertz CT molecular complexity index is 662. The molecule has 0 radical (unpaired) electrons. The summed E-state index contributed by atoms with van der Waals surface area (Å²) in [5.41, 5.74) is 0.250. The van der Waals surface area contributed by atoms with Crippen molar-refractivity contribution in [1.82, 2.24) is 10.2 Å². The van der Waals surface area contributed by atoms with Gasteiger partial charge in [0.25, 0.3) is 0 Å². The van der Waals surface area contributed by atoms with Crippen LogP contribution in [0.2, 0.25) is 0 Å². The van der Waals surface area contributed by atoms with Crippen molar-refractivity contribution in [2.45, 2.75) is 26.7 Å². The highest BCUT2D eigenvalue weighted by Gasteiger charge is 2.58. The molecule has 2 fully saturated rings. The van der Waals surface area contributed by atoms with Crippen molar-refractivity contribution < 1.29 is 14.3 Å². The molecule has 142 valence electrons. The lowest BCUT2D eigenvalue weighted by molar-refractivity contribution is -0.144. The molecule has 1 heterocycles. The Hall–Kier alpha value is -2.24. The van der Waals surface area contributed by atoms with E-state index in [4.69, 9.17) is 4.74 Å². The second-order valence-electron chi connectivity index (χ2n) is 7.64. The van der Waals surface area contributed by atoms with Gasteiger partial charge in [0.1, 0.15) is 11.2 Å². The van der Waals surface area contributed by atoms with Crippen molar-refractivity contribution in [2.75, 3.05) is 44.7 Å². The zero-order chi connectivity index (χ0) is 18.7. The summed E-state index contributed by atoms with van der Waals surface area (Å²) in [6.07, 6.45) is 1.34. The van der Waals surface area contributed by atoms with E-state index >= 15 is 0 Å². The fourth-order valence-electron chi connectivity index (χ4n) is 3.47. The van der Waals surface area contributed by atoms with E-state index in [0.717, 1.165) is 24.5 Å². The van der Waals surface area contributed by atoms with Crippen LogP contribution < -0.4 is 15.0 Å². The summed E-state index contributed by atoms with van der Waals surface area (Å²) < 4.78 is 5.44. The van der Waals surface area contributed by atoms with Gasteiger partial charge in [-0.1, -0.05) is 26.0 Å². The van der Waals surface area contributed by atoms with Crippen LogP contribution in [0, 0.1) is 11.3 Å². The van der Waals surface area contributed by atoms with Gasteiger partial charge in [0.2, 0.25) is 11.8 Å². The molecule has 6 nitrogen and oxygen atoms in total. The lowest BCUT2D eigenvalue weighted by Crippen LogP contribution is -2.53. The minimum atomic E-state index is -0.804. The number of para-hydroxylation sites is 2. The third-order valence-corrected chi connectivity index (χ3v) is 5.26. The maximum Gasteiger partial charge on any atom is 0.238 e. The van der Waals surface area contributed by atoms with Crippen molar-refractivity contribution >= 4 is 17.5 Å². The monoisotopic (exact) mass is 359 g/mol. The molecule has 3 rings (SSSR count). The summed E-state index contributed by atoms with van der Waals surface area (Å²) in [6.45, 7) is 7.49. The first kappa shape index (κ1) is 18.5. The quantitative estimate of drug-likeness (QED) is 0.788.